The van der Waals surface area contributed by atoms with Crippen LogP contribution < -0.4 is 5.32 Å². The third-order valence-electron chi connectivity index (χ3n) is 3.21. The average molecular weight is 327 g/mol. The fourth-order valence-corrected chi connectivity index (χ4v) is 2.07. The Hall–Kier alpha value is -2.41. The van der Waals surface area contributed by atoms with Gasteiger partial charge in [-0.25, -0.2) is 4.39 Å². The maximum absolute atomic E-state index is 13.2. The minimum atomic E-state index is -4.63. The SMILES string of the molecule is O=C(NCc1ccc(F)c(CO)c1)c1ccccc1C(F)(F)F. The van der Waals surface area contributed by atoms with Gasteiger partial charge in [-0.2, -0.15) is 13.2 Å². The van der Waals surface area contributed by atoms with Crippen molar-refractivity contribution in [3.8, 4) is 0 Å². The van der Waals surface area contributed by atoms with Gasteiger partial charge in [-0.05, 0) is 29.8 Å². The Balaban J connectivity index is 2.15. The van der Waals surface area contributed by atoms with Crippen LogP contribution in [-0.4, -0.2) is 11.0 Å². The lowest BCUT2D eigenvalue weighted by molar-refractivity contribution is -0.137. The zero-order valence-corrected chi connectivity index (χ0v) is 11.8. The number of hydrogen-bond acceptors (Lipinski definition) is 2. The number of halogens is 4. The molecule has 0 spiro atoms. The molecular formula is C16H13F4NO2. The van der Waals surface area contributed by atoms with Gasteiger partial charge < -0.3 is 10.4 Å². The molecule has 122 valence electrons. The van der Waals surface area contributed by atoms with Gasteiger partial charge in [0, 0.05) is 12.1 Å². The zero-order chi connectivity index (χ0) is 17.0. The van der Waals surface area contributed by atoms with Gasteiger partial charge in [-0.3, -0.25) is 4.79 Å². The predicted molar refractivity (Wildman–Crippen MR) is 74.9 cm³/mol. The molecule has 1 amide bonds. The summed E-state index contributed by atoms with van der Waals surface area (Å²) in [6.45, 7) is -0.594. The molecule has 0 atom stereocenters. The third-order valence-corrected chi connectivity index (χ3v) is 3.21. The molecule has 0 fully saturated rings. The van der Waals surface area contributed by atoms with Crippen LogP contribution in [0.15, 0.2) is 42.5 Å². The number of carbonyl (C=O) groups excluding carboxylic acids is 1. The Kier molecular flexibility index (Phi) is 5.00. The Morgan fingerprint density at radius 1 is 1.13 bits per heavy atom. The lowest BCUT2D eigenvalue weighted by Crippen LogP contribution is -2.26. The second-order valence-electron chi connectivity index (χ2n) is 4.81. The number of aliphatic hydroxyl groups is 1. The quantitative estimate of drug-likeness (QED) is 0.847. The Labute approximate surface area is 129 Å². The molecule has 0 aliphatic carbocycles. The van der Waals surface area contributed by atoms with Crippen LogP contribution in [0.5, 0.6) is 0 Å². The Bertz CT molecular complexity index is 713. The fraction of sp³-hybridized carbons (Fsp3) is 0.188. The average Bonchev–Trinajstić information content (AvgIpc) is 2.53. The van der Waals surface area contributed by atoms with E-state index in [1.165, 1.54) is 24.3 Å². The van der Waals surface area contributed by atoms with Crippen LogP contribution in [0.4, 0.5) is 17.6 Å². The van der Waals surface area contributed by atoms with Gasteiger partial charge >= 0.3 is 6.18 Å². The summed E-state index contributed by atoms with van der Waals surface area (Å²) in [6, 6.07) is 8.30. The summed E-state index contributed by atoms with van der Waals surface area (Å²) in [7, 11) is 0. The number of nitrogens with one attached hydrogen (secondary N) is 1. The van der Waals surface area contributed by atoms with Crippen LogP contribution in [0.25, 0.3) is 0 Å². The molecule has 2 aromatic carbocycles. The van der Waals surface area contributed by atoms with Crippen LogP contribution in [0.1, 0.15) is 27.0 Å². The molecule has 0 aliphatic heterocycles. The second-order valence-corrected chi connectivity index (χ2v) is 4.81. The number of alkyl halides is 3. The van der Waals surface area contributed by atoms with Crippen molar-refractivity contribution in [2.45, 2.75) is 19.3 Å². The topological polar surface area (TPSA) is 49.3 Å². The van der Waals surface area contributed by atoms with Gasteiger partial charge in [0.2, 0.25) is 0 Å². The van der Waals surface area contributed by atoms with Gasteiger partial charge in [0.15, 0.2) is 0 Å². The minimum Gasteiger partial charge on any atom is -0.392 e. The van der Waals surface area contributed by atoms with Crippen molar-refractivity contribution in [3.63, 3.8) is 0 Å². The molecule has 2 rings (SSSR count). The summed E-state index contributed by atoms with van der Waals surface area (Å²) < 4.78 is 51.8. The van der Waals surface area contributed by atoms with E-state index in [9.17, 15) is 22.4 Å². The summed E-state index contributed by atoms with van der Waals surface area (Å²) in [4.78, 5) is 12.0. The molecule has 0 radical (unpaired) electrons. The van der Waals surface area contributed by atoms with E-state index in [1.54, 1.807) is 0 Å². The highest BCUT2D eigenvalue weighted by atomic mass is 19.4. The maximum atomic E-state index is 13.2. The first-order valence-corrected chi connectivity index (χ1v) is 6.65. The number of amides is 1. The number of rotatable bonds is 4. The highest BCUT2D eigenvalue weighted by Gasteiger charge is 2.34. The smallest absolute Gasteiger partial charge is 0.392 e. The molecule has 2 aromatic rings. The highest BCUT2D eigenvalue weighted by molar-refractivity contribution is 5.95. The van der Waals surface area contributed by atoms with E-state index in [0.717, 1.165) is 18.2 Å². The van der Waals surface area contributed by atoms with E-state index in [1.807, 2.05) is 0 Å². The molecule has 23 heavy (non-hydrogen) atoms. The molecule has 7 heteroatoms. The van der Waals surface area contributed by atoms with E-state index < -0.39 is 35.6 Å². The molecule has 3 nitrogen and oxygen atoms in total. The standard InChI is InChI=1S/C16H13F4NO2/c17-14-6-5-10(7-11(14)9-22)8-21-15(23)12-3-1-2-4-13(12)16(18,19)20/h1-7,22H,8-9H2,(H,21,23). The predicted octanol–water partition coefficient (Wildman–Crippen LogP) is 3.27. The fourth-order valence-electron chi connectivity index (χ4n) is 2.07. The van der Waals surface area contributed by atoms with Crippen LogP contribution in [0.3, 0.4) is 0 Å². The van der Waals surface area contributed by atoms with Gasteiger partial charge in [0.1, 0.15) is 5.82 Å². The van der Waals surface area contributed by atoms with Gasteiger partial charge in [-0.15, -0.1) is 0 Å². The van der Waals surface area contributed by atoms with Crippen molar-refractivity contribution in [2.75, 3.05) is 0 Å². The van der Waals surface area contributed by atoms with Crippen LogP contribution in [0.2, 0.25) is 0 Å². The first-order valence-electron chi connectivity index (χ1n) is 6.65. The summed E-state index contributed by atoms with van der Waals surface area (Å²) in [6.07, 6.45) is -4.63. The number of aliphatic hydroxyl groups excluding tert-OH is 1. The lowest BCUT2D eigenvalue weighted by atomic mass is 10.1. The van der Waals surface area contributed by atoms with Gasteiger partial charge in [0.25, 0.3) is 5.91 Å². The molecule has 0 aliphatic rings. The van der Waals surface area contributed by atoms with E-state index in [4.69, 9.17) is 5.11 Å². The van der Waals surface area contributed by atoms with Gasteiger partial charge in [-0.1, -0.05) is 18.2 Å². The number of benzene rings is 2. The molecule has 0 saturated heterocycles. The molecule has 0 aromatic heterocycles. The third kappa shape index (κ3) is 4.07. The van der Waals surface area contributed by atoms with Crippen LogP contribution in [-0.2, 0) is 19.3 Å². The van der Waals surface area contributed by atoms with Crippen molar-refractivity contribution in [1.29, 1.82) is 0 Å². The highest BCUT2D eigenvalue weighted by Crippen LogP contribution is 2.31. The Morgan fingerprint density at radius 2 is 1.83 bits per heavy atom. The number of hydrogen-bond donors (Lipinski definition) is 2. The van der Waals surface area contributed by atoms with E-state index in [-0.39, 0.29) is 12.1 Å². The van der Waals surface area contributed by atoms with E-state index >= 15 is 0 Å². The number of carbonyl (C=O) groups is 1. The summed E-state index contributed by atoms with van der Waals surface area (Å²) in [5.41, 5.74) is -0.988. The lowest BCUT2D eigenvalue weighted by Gasteiger charge is -2.13. The first kappa shape index (κ1) is 17.0. The monoisotopic (exact) mass is 327 g/mol. The Morgan fingerprint density at radius 3 is 2.48 bits per heavy atom. The zero-order valence-electron chi connectivity index (χ0n) is 11.8. The van der Waals surface area contributed by atoms with Gasteiger partial charge in [0.05, 0.1) is 17.7 Å². The molecule has 0 bridgehead atoms. The maximum Gasteiger partial charge on any atom is 0.417 e. The van der Waals surface area contributed by atoms with Crippen LogP contribution >= 0.6 is 0 Å². The molecule has 0 saturated carbocycles. The van der Waals surface area contributed by atoms with Crippen molar-refractivity contribution in [3.05, 3.63) is 70.5 Å². The second kappa shape index (κ2) is 6.78. The normalized spacial score (nSPS) is 11.3. The van der Waals surface area contributed by atoms with Crippen molar-refractivity contribution in [1.82, 2.24) is 5.32 Å². The largest absolute Gasteiger partial charge is 0.417 e. The summed E-state index contributed by atoms with van der Waals surface area (Å²) >= 11 is 0. The molecule has 0 unspecified atom stereocenters. The van der Waals surface area contributed by atoms with E-state index in [2.05, 4.69) is 5.32 Å². The molecule has 0 heterocycles. The molecular weight excluding hydrogens is 314 g/mol. The van der Waals surface area contributed by atoms with Crippen molar-refractivity contribution in [2.24, 2.45) is 0 Å². The summed E-state index contributed by atoms with van der Waals surface area (Å²) in [5.74, 6) is -1.47. The first-order chi connectivity index (χ1) is 10.8. The summed E-state index contributed by atoms with van der Waals surface area (Å²) in [5, 5.41) is 11.3. The molecule has 2 N–H and O–H groups in total. The van der Waals surface area contributed by atoms with E-state index in [0.29, 0.717) is 5.56 Å². The van der Waals surface area contributed by atoms with Crippen LogP contribution in [0, 0.1) is 5.82 Å². The van der Waals surface area contributed by atoms with Crippen molar-refractivity contribution >= 4 is 5.91 Å². The van der Waals surface area contributed by atoms with Crippen molar-refractivity contribution < 1.29 is 27.5 Å². The minimum absolute atomic E-state index is 0.0486.